The van der Waals surface area contributed by atoms with E-state index in [1.54, 1.807) is 0 Å². The molecule has 9 nitrogen and oxygen atoms in total. The van der Waals surface area contributed by atoms with Crippen LogP contribution in [0.1, 0.15) is 27.7 Å². The largest absolute Gasteiger partial charge is 0.463 e. The van der Waals surface area contributed by atoms with Crippen LogP contribution in [0.3, 0.4) is 0 Å². The summed E-state index contributed by atoms with van der Waals surface area (Å²) in [6, 6.07) is 0. The van der Waals surface area contributed by atoms with E-state index in [4.69, 9.17) is 30.1 Å². The SMILES string of the molecule is C#CCS[C@@H]1O[C@H](COC(C)=O)[C@@H](OC(C)=O)[C@H](OC(C)=O)[C@H]1OC(C)=O. The van der Waals surface area contributed by atoms with Crippen LogP contribution in [-0.4, -0.2) is 66.1 Å². The minimum atomic E-state index is -1.17. The van der Waals surface area contributed by atoms with E-state index in [0.29, 0.717) is 0 Å². The highest BCUT2D eigenvalue weighted by Gasteiger charge is 2.52. The van der Waals surface area contributed by atoms with Gasteiger partial charge >= 0.3 is 23.9 Å². The third-order valence-corrected chi connectivity index (χ3v) is 4.32. The Kier molecular flexibility index (Phi) is 9.11. The van der Waals surface area contributed by atoms with E-state index in [1.807, 2.05) is 0 Å². The lowest BCUT2D eigenvalue weighted by Gasteiger charge is -2.44. The summed E-state index contributed by atoms with van der Waals surface area (Å²) < 4.78 is 26.6. The van der Waals surface area contributed by atoms with Crippen LogP contribution in [0.15, 0.2) is 0 Å². The number of rotatable bonds is 7. The van der Waals surface area contributed by atoms with E-state index >= 15 is 0 Å². The number of carbonyl (C=O) groups is 4. The van der Waals surface area contributed by atoms with E-state index in [9.17, 15) is 19.2 Å². The molecule has 0 spiro atoms. The van der Waals surface area contributed by atoms with E-state index < -0.39 is 53.7 Å². The van der Waals surface area contributed by atoms with Gasteiger partial charge in [-0.1, -0.05) is 5.92 Å². The van der Waals surface area contributed by atoms with Gasteiger partial charge in [0.15, 0.2) is 18.3 Å². The Hall–Kier alpha value is -2.25. The first-order chi connectivity index (χ1) is 12.6. The number of terminal acetylenes is 1. The molecule has 1 fully saturated rings. The van der Waals surface area contributed by atoms with Gasteiger partial charge in [0.05, 0.1) is 5.75 Å². The fraction of sp³-hybridized carbons (Fsp3) is 0.647. The maximum absolute atomic E-state index is 11.6. The van der Waals surface area contributed by atoms with Gasteiger partial charge in [-0.15, -0.1) is 18.2 Å². The molecule has 0 unspecified atom stereocenters. The highest BCUT2D eigenvalue weighted by atomic mass is 32.2. The fourth-order valence-corrected chi connectivity index (χ4v) is 3.33. The summed E-state index contributed by atoms with van der Waals surface area (Å²) in [4.78, 5) is 45.9. The minimum absolute atomic E-state index is 0.216. The van der Waals surface area contributed by atoms with Gasteiger partial charge in [0.25, 0.3) is 0 Å². The van der Waals surface area contributed by atoms with E-state index in [0.717, 1.165) is 25.6 Å². The van der Waals surface area contributed by atoms with Crippen LogP contribution in [-0.2, 0) is 42.9 Å². The monoisotopic (exact) mass is 402 g/mol. The predicted octanol–water partition coefficient (Wildman–Crippen LogP) is 0.436. The second-order valence-corrected chi connectivity index (χ2v) is 6.67. The molecular weight excluding hydrogens is 380 g/mol. The lowest BCUT2D eigenvalue weighted by molar-refractivity contribution is -0.237. The Morgan fingerprint density at radius 2 is 1.41 bits per heavy atom. The van der Waals surface area contributed by atoms with Crippen molar-refractivity contribution in [1.29, 1.82) is 0 Å². The molecule has 0 N–H and O–H groups in total. The summed E-state index contributed by atoms with van der Waals surface area (Å²) in [6.45, 7) is 4.45. The van der Waals surface area contributed by atoms with Crippen molar-refractivity contribution >= 4 is 35.6 Å². The maximum atomic E-state index is 11.6. The molecule has 0 aromatic carbocycles. The zero-order valence-electron chi connectivity index (χ0n) is 15.5. The summed E-state index contributed by atoms with van der Waals surface area (Å²) >= 11 is 1.13. The van der Waals surface area contributed by atoms with Crippen LogP contribution in [0.2, 0.25) is 0 Å². The van der Waals surface area contributed by atoms with Crippen LogP contribution in [0.5, 0.6) is 0 Å². The van der Waals surface area contributed by atoms with Crippen LogP contribution < -0.4 is 0 Å². The molecule has 27 heavy (non-hydrogen) atoms. The highest BCUT2D eigenvalue weighted by Crippen LogP contribution is 2.34. The minimum Gasteiger partial charge on any atom is -0.463 e. The van der Waals surface area contributed by atoms with Crippen molar-refractivity contribution in [1.82, 2.24) is 0 Å². The van der Waals surface area contributed by atoms with E-state index in [2.05, 4.69) is 5.92 Å². The molecule has 10 heteroatoms. The van der Waals surface area contributed by atoms with Gasteiger partial charge in [-0.3, -0.25) is 19.2 Å². The summed E-state index contributed by atoms with van der Waals surface area (Å²) in [7, 11) is 0. The van der Waals surface area contributed by atoms with Gasteiger partial charge in [0.1, 0.15) is 18.1 Å². The van der Waals surface area contributed by atoms with Crippen molar-refractivity contribution in [3.05, 3.63) is 0 Å². The summed E-state index contributed by atoms with van der Waals surface area (Å²) in [6.07, 6.45) is 0.919. The Morgan fingerprint density at radius 3 is 1.89 bits per heavy atom. The molecule has 1 aliphatic rings. The molecule has 0 saturated carbocycles. The number of hydrogen-bond donors (Lipinski definition) is 0. The molecule has 5 atom stereocenters. The van der Waals surface area contributed by atoms with E-state index in [1.165, 1.54) is 13.8 Å². The van der Waals surface area contributed by atoms with Crippen molar-refractivity contribution < 1.29 is 42.9 Å². The van der Waals surface area contributed by atoms with Gasteiger partial charge < -0.3 is 23.7 Å². The van der Waals surface area contributed by atoms with Gasteiger partial charge in [-0.25, -0.2) is 0 Å². The molecule has 0 radical (unpaired) electrons. The Bertz CT molecular complexity index is 612. The Morgan fingerprint density at radius 1 is 0.889 bits per heavy atom. The van der Waals surface area contributed by atoms with Gasteiger partial charge in [-0.2, -0.15) is 0 Å². The fourth-order valence-electron chi connectivity index (χ4n) is 2.45. The first kappa shape index (κ1) is 22.8. The molecule has 1 saturated heterocycles. The van der Waals surface area contributed by atoms with Crippen LogP contribution in [0.4, 0.5) is 0 Å². The molecule has 0 aromatic rings. The smallest absolute Gasteiger partial charge is 0.303 e. The standard InChI is InChI=1S/C17H22O9S/c1-6-7-27-17-16(25-12(5)21)15(24-11(4)20)14(23-10(3)19)13(26-17)8-22-9(2)18/h1,13-17H,7-8H2,2-5H3/t13-,14-,15+,16-,17+/m1/s1. The van der Waals surface area contributed by atoms with Crippen molar-refractivity contribution in [2.24, 2.45) is 0 Å². The lowest BCUT2D eigenvalue weighted by Crippen LogP contribution is -2.61. The van der Waals surface area contributed by atoms with Crippen LogP contribution in [0.25, 0.3) is 0 Å². The summed E-state index contributed by atoms with van der Waals surface area (Å²) in [5, 5.41) is 0. The molecule has 0 aromatic heterocycles. The molecule has 0 aliphatic carbocycles. The molecule has 1 heterocycles. The summed E-state index contributed by atoms with van der Waals surface area (Å²) in [5.41, 5.74) is -0.832. The van der Waals surface area contributed by atoms with Gasteiger partial charge in [0.2, 0.25) is 0 Å². The molecular formula is C17H22O9S. The van der Waals surface area contributed by atoms with Crippen molar-refractivity contribution in [3.63, 3.8) is 0 Å². The van der Waals surface area contributed by atoms with Gasteiger partial charge in [-0.05, 0) is 0 Å². The highest BCUT2D eigenvalue weighted by molar-refractivity contribution is 8.00. The zero-order valence-corrected chi connectivity index (χ0v) is 16.3. The van der Waals surface area contributed by atoms with Crippen LogP contribution >= 0.6 is 11.8 Å². The van der Waals surface area contributed by atoms with Gasteiger partial charge in [0, 0.05) is 27.7 Å². The average Bonchev–Trinajstić information content (AvgIpc) is 2.54. The van der Waals surface area contributed by atoms with Crippen molar-refractivity contribution in [2.75, 3.05) is 12.4 Å². The van der Waals surface area contributed by atoms with Crippen molar-refractivity contribution in [2.45, 2.75) is 57.5 Å². The molecule has 0 amide bonds. The second kappa shape index (κ2) is 10.8. The summed E-state index contributed by atoms with van der Waals surface area (Å²) in [5.74, 6) is 0.0628. The third-order valence-electron chi connectivity index (χ3n) is 3.28. The number of esters is 4. The third kappa shape index (κ3) is 7.48. The van der Waals surface area contributed by atoms with Crippen molar-refractivity contribution in [3.8, 4) is 12.3 Å². The molecule has 150 valence electrons. The topological polar surface area (TPSA) is 114 Å². The normalized spacial score (nSPS) is 27.0. The first-order valence-corrected chi connectivity index (χ1v) is 9.06. The Labute approximate surface area is 161 Å². The Balaban J connectivity index is 3.25. The molecule has 0 bridgehead atoms. The quantitative estimate of drug-likeness (QED) is 0.337. The first-order valence-electron chi connectivity index (χ1n) is 8.01. The van der Waals surface area contributed by atoms with E-state index in [-0.39, 0.29) is 12.4 Å². The number of ether oxygens (including phenoxy) is 5. The molecule has 1 rings (SSSR count). The molecule has 1 aliphatic heterocycles. The number of thioether (sulfide) groups is 1. The maximum Gasteiger partial charge on any atom is 0.303 e. The predicted molar refractivity (Wildman–Crippen MR) is 93.2 cm³/mol. The zero-order chi connectivity index (χ0) is 20.6. The second-order valence-electron chi connectivity index (χ2n) is 5.58. The lowest BCUT2D eigenvalue weighted by atomic mass is 9.99. The number of hydrogen-bond acceptors (Lipinski definition) is 10. The number of carbonyl (C=O) groups excluding carboxylic acids is 4. The average molecular weight is 402 g/mol. The van der Waals surface area contributed by atoms with Crippen LogP contribution in [0, 0.1) is 12.3 Å².